The molecule has 1 unspecified atom stereocenters. The summed E-state index contributed by atoms with van der Waals surface area (Å²) in [5.74, 6) is 0. The number of aromatic nitrogens is 2. The van der Waals surface area contributed by atoms with Crippen molar-refractivity contribution in [3.8, 4) is 0 Å². The third-order valence-electron chi connectivity index (χ3n) is 5.60. The lowest BCUT2D eigenvalue weighted by atomic mass is 9.91. The van der Waals surface area contributed by atoms with E-state index in [-0.39, 0.29) is 6.04 Å². The van der Waals surface area contributed by atoms with Gasteiger partial charge in [-0.3, -0.25) is 9.88 Å². The maximum atomic E-state index is 4.31. The average Bonchev–Trinajstić information content (AvgIpc) is 3.07. The summed E-state index contributed by atoms with van der Waals surface area (Å²) in [6.45, 7) is 4.12. The van der Waals surface area contributed by atoms with Crippen LogP contribution in [0.2, 0.25) is 0 Å². The predicted molar refractivity (Wildman–Crippen MR) is 110 cm³/mol. The van der Waals surface area contributed by atoms with E-state index in [1.807, 2.05) is 18.5 Å². The van der Waals surface area contributed by atoms with Gasteiger partial charge in [0.05, 0.1) is 6.04 Å². The van der Waals surface area contributed by atoms with Crippen molar-refractivity contribution in [1.29, 1.82) is 0 Å². The van der Waals surface area contributed by atoms with Crippen LogP contribution in [-0.2, 0) is 13.0 Å². The normalized spacial score (nSPS) is 17.1. The summed E-state index contributed by atoms with van der Waals surface area (Å²) >= 11 is 0. The standard InChI is InChI=1S/C24H23N3/c1-17-6-4-8-19(14-17)24-23-21(20-9-2-3-10-22(20)26-23)11-13-27(24)16-18-7-5-12-25-15-18/h2-10,12,14-15,24,26H,11,13,16H2,1H3. The molecule has 0 fully saturated rings. The van der Waals surface area contributed by atoms with Gasteiger partial charge in [-0.25, -0.2) is 0 Å². The summed E-state index contributed by atoms with van der Waals surface area (Å²) in [5, 5.41) is 1.37. The van der Waals surface area contributed by atoms with Gasteiger partial charge in [-0.2, -0.15) is 0 Å². The van der Waals surface area contributed by atoms with Crippen LogP contribution < -0.4 is 0 Å². The lowest BCUT2D eigenvalue weighted by Gasteiger charge is -2.36. The van der Waals surface area contributed by atoms with Crippen LogP contribution in [0.1, 0.15) is 34.0 Å². The van der Waals surface area contributed by atoms with Gasteiger partial charge in [-0.1, -0.05) is 54.1 Å². The van der Waals surface area contributed by atoms with Crippen LogP contribution in [0.15, 0.2) is 73.1 Å². The van der Waals surface area contributed by atoms with Crippen LogP contribution in [-0.4, -0.2) is 21.4 Å². The van der Waals surface area contributed by atoms with Crippen molar-refractivity contribution in [1.82, 2.24) is 14.9 Å². The SMILES string of the molecule is Cc1cccc(C2c3[nH]c4ccccc4c3CCN2Cc2cccnc2)c1. The first-order chi connectivity index (χ1) is 13.3. The van der Waals surface area contributed by atoms with Crippen molar-refractivity contribution >= 4 is 10.9 Å². The van der Waals surface area contributed by atoms with Gasteiger partial charge >= 0.3 is 0 Å². The van der Waals surface area contributed by atoms with Gasteiger partial charge in [-0.15, -0.1) is 0 Å². The number of pyridine rings is 1. The van der Waals surface area contributed by atoms with E-state index in [1.54, 1.807) is 0 Å². The van der Waals surface area contributed by atoms with Gasteiger partial charge in [0.1, 0.15) is 0 Å². The Morgan fingerprint density at radius 1 is 1.07 bits per heavy atom. The Labute approximate surface area is 159 Å². The first-order valence-corrected chi connectivity index (χ1v) is 9.58. The van der Waals surface area contributed by atoms with Crippen LogP contribution in [0.3, 0.4) is 0 Å². The first kappa shape index (κ1) is 16.3. The van der Waals surface area contributed by atoms with E-state index in [2.05, 4.69) is 76.4 Å². The zero-order valence-corrected chi connectivity index (χ0v) is 15.5. The second-order valence-electron chi connectivity index (χ2n) is 7.46. The molecule has 0 bridgehead atoms. The highest BCUT2D eigenvalue weighted by Gasteiger charge is 2.31. The number of nitrogens with zero attached hydrogens (tertiary/aromatic N) is 2. The quantitative estimate of drug-likeness (QED) is 0.561. The van der Waals surface area contributed by atoms with E-state index in [0.717, 1.165) is 19.5 Å². The fourth-order valence-corrected chi connectivity index (χ4v) is 4.40. The number of aromatic amines is 1. The number of hydrogen-bond donors (Lipinski definition) is 1. The first-order valence-electron chi connectivity index (χ1n) is 9.58. The molecule has 3 heterocycles. The van der Waals surface area contributed by atoms with Gasteiger partial charge in [0, 0.05) is 42.1 Å². The zero-order chi connectivity index (χ0) is 18.2. The minimum atomic E-state index is 0.237. The fourth-order valence-electron chi connectivity index (χ4n) is 4.40. The number of hydrogen-bond acceptors (Lipinski definition) is 2. The summed E-state index contributed by atoms with van der Waals surface area (Å²) in [6, 6.07) is 22.0. The molecule has 134 valence electrons. The second-order valence-corrected chi connectivity index (χ2v) is 7.46. The highest BCUT2D eigenvalue weighted by atomic mass is 15.2. The van der Waals surface area contributed by atoms with Crippen molar-refractivity contribution in [2.75, 3.05) is 6.54 Å². The predicted octanol–water partition coefficient (Wildman–Crippen LogP) is 5.02. The molecule has 1 aliphatic heterocycles. The summed E-state index contributed by atoms with van der Waals surface area (Å²) in [6.07, 6.45) is 4.89. The Balaban J connectivity index is 1.64. The number of nitrogens with one attached hydrogen (secondary N) is 1. The third-order valence-corrected chi connectivity index (χ3v) is 5.60. The van der Waals surface area contributed by atoms with Gasteiger partial charge in [0.25, 0.3) is 0 Å². The van der Waals surface area contributed by atoms with Gasteiger partial charge in [-0.05, 0) is 42.2 Å². The molecule has 1 N–H and O–H groups in total. The van der Waals surface area contributed by atoms with E-state index >= 15 is 0 Å². The maximum absolute atomic E-state index is 4.31. The van der Waals surface area contributed by atoms with Crippen molar-refractivity contribution in [3.63, 3.8) is 0 Å². The van der Waals surface area contributed by atoms with Crippen LogP contribution in [0.4, 0.5) is 0 Å². The van der Waals surface area contributed by atoms with E-state index in [9.17, 15) is 0 Å². The lowest BCUT2D eigenvalue weighted by molar-refractivity contribution is 0.202. The number of fused-ring (bicyclic) bond motifs is 3. The topological polar surface area (TPSA) is 31.9 Å². The molecule has 2 aromatic carbocycles. The van der Waals surface area contributed by atoms with Gasteiger partial charge < -0.3 is 4.98 Å². The van der Waals surface area contributed by atoms with Crippen molar-refractivity contribution in [2.45, 2.75) is 25.9 Å². The molecule has 3 nitrogen and oxygen atoms in total. The number of para-hydroxylation sites is 1. The third kappa shape index (κ3) is 2.94. The van der Waals surface area contributed by atoms with Crippen LogP contribution in [0.25, 0.3) is 10.9 Å². The van der Waals surface area contributed by atoms with Gasteiger partial charge in [0.2, 0.25) is 0 Å². The van der Waals surface area contributed by atoms with E-state index in [0.29, 0.717) is 0 Å². The van der Waals surface area contributed by atoms with Crippen molar-refractivity contribution < 1.29 is 0 Å². The molecule has 5 rings (SSSR count). The van der Waals surface area contributed by atoms with Crippen molar-refractivity contribution in [2.24, 2.45) is 0 Å². The van der Waals surface area contributed by atoms with Crippen LogP contribution >= 0.6 is 0 Å². The Bertz CT molecular complexity index is 1080. The molecule has 27 heavy (non-hydrogen) atoms. The minimum Gasteiger partial charge on any atom is -0.357 e. The molecule has 2 aromatic heterocycles. The molecule has 3 heteroatoms. The molecule has 0 saturated heterocycles. The largest absolute Gasteiger partial charge is 0.357 e. The zero-order valence-electron chi connectivity index (χ0n) is 15.5. The summed E-state index contributed by atoms with van der Waals surface area (Å²) in [4.78, 5) is 10.6. The van der Waals surface area contributed by atoms with E-state index < -0.39 is 0 Å². The summed E-state index contributed by atoms with van der Waals surface area (Å²) in [5.41, 5.74) is 7.97. The molecular formula is C24H23N3. The molecule has 0 amide bonds. The molecule has 1 atom stereocenters. The van der Waals surface area contributed by atoms with E-state index in [4.69, 9.17) is 0 Å². The maximum Gasteiger partial charge on any atom is 0.0760 e. The Morgan fingerprint density at radius 3 is 2.85 bits per heavy atom. The number of H-pyrrole nitrogens is 1. The lowest BCUT2D eigenvalue weighted by Crippen LogP contribution is -2.35. The molecule has 0 radical (unpaired) electrons. The Hall–Kier alpha value is -2.91. The van der Waals surface area contributed by atoms with Crippen LogP contribution in [0.5, 0.6) is 0 Å². The van der Waals surface area contributed by atoms with Gasteiger partial charge in [0.15, 0.2) is 0 Å². The molecule has 0 saturated carbocycles. The second kappa shape index (κ2) is 6.67. The molecule has 1 aliphatic rings. The molecule has 0 spiro atoms. The smallest absolute Gasteiger partial charge is 0.0760 e. The summed E-state index contributed by atoms with van der Waals surface area (Å²) < 4.78 is 0. The molecular weight excluding hydrogens is 330 g/mol. The fraction of sp³-hybridized carbons (Fsp3) is 0.208. The summed E-state index contributed by atoms with van der Waals surface area (Å²) in [7, 11) is 0. The number of rotatable bonds is 3. The van der Waals surface area contributed by atoms with Crippen LogP contribution in [0, 0.1) is 6.92 Å². The molecule has 0 aliphatic carbocycles. The number of benzene rings is 2. The van der Waals surface area contributed by atoms with E-state index in [1.165, 1.54) is 38.9 Å². The average molecular weight is 353 g/mol. The highest BCUT2D eigenvalue weighted by molar-refractivity contribution is 5.85. The Morgan fingerprint density at radius 2 is 2.00 bits per heavy atom. The monoisotopic (exact) mass is 353 g/mol. The Kier molecular flexibility index (Phi) is 4.02. The van der Waals surface area contributed by atoms with Crippen molar-refractivity contribution in [3.05, 3.63) is 101 Å². The number of aryl methyl sites for hydroxylation is 1. The minimum absolute atomic E-state index is 0.237. The highest BCUT2D eigenvalue weighted by Crippen LogP contribution is 2.39. The molecule has 4 aromatic rings.